The van der Waals surface area contributed by atoms with Gasteiger partial charge in [0.2, 0.25) is 23.0 Å². The number of aryl methyl sites for hydroxylation is 1. The number of aliphatic hydroxyl groups excluding tert-OH is 1. The number of aliphatic hydroxyl groups is 1. The van der Waals surface area contributed by atoms with Crippen molar-refractivity contribution in [3.63, 3.8) is 0 Å². The van der Waals surface area contributed by atoms with Gasteiger partial charge in [-0.25, -0.2) is 27.6 Å². The maximum absolute atomic E-state index is 14.9. The summed E-state index contributed by atoms with van der Waals surface area (Å²) in [5.74, 6) is -2.10. The first kappa shape index (κ1) is 71.2. The highest BCUT2D eigenvalue weighted by atomic mass is 32.2. The lowest BCUT2D eigenvalue weighted by Gasteiger charge is -2.43. The van der Waals surface area contributed by atoms with Gasteiger partial charge in [0.25, 0.3) is 37.7 Å². The summed E-state index contributed by atoms with van der Waals surface area (Å²) in [5.41, 5.74) is 6.99. The number of phosphoric acid groups is 3. The number of alkyl carbamates (subject to hydrolysis) is 1. The smallest absolute Gasteiger partial charge is 0.456 e. The molecule has 2 aromatic heterocycles. The molecule has 0 saturated carbocycles. The van der Waals surface area contributed by atoms with Crippen LogP contribution in [0.1, 0.15) is 93.2 Å². The van der Waals surface area contributed by atoms with Crippen LogP contribution in [0.3, 0.4) is 0 Å². The zero-order valence-electron chi connectivity index (χ0n) is 51.7. The molecule has 6 atom stereocenters. The van der Waals surface area contributed by atoms with E-state index in [2.05, 4.69) is 43.2 Å². The molecule has 0 spiro atoms. The van der Waals surface area contributed by atoms with Gasteiger partial charge >= 0.3 is 35.2 Å². The highest BCUT2D eigenvalue weighted by molar-refractivity contribution is 7.86. The average molecular weight is 1410 g/mol. The Kier molecular flexibility index (Phi) is 20.1. The first-order chi connectivity index (χ1) is 43.6. The van der Waals surface area contributed by atoms with E-state index in [0.29, 0.717) is 79.8 Å². The second-order valence-electron chi connectivity index (χ2n) is 23.5. The monoisotopic (exact) mass is 1410 g/mol. The van der Waals surface area contributed by atoms with Crippen LogP contribution in [0.4, 0.5) is 16.4 Å². The van der Waals surface area contributed by atoms with Crippen molar-refractivity contribution >= 4 is 101 Å². The lowest BCUT2D eigenvalue weighted by atomic mass is 9.83. The predicted molar refractivity (Wildman–Crippen MR) is 335 cm³/mol. The molecule has 1 fully saturated rings. The molecule has 0 radical (unpaired) electrons. The number of imidazole rings is 1. The first-order valence-electron chi connectivity index (χ1n) is 28.9. The highest BCUT2D eigenvalue weighted by Gasteiger charge is 2.52. The number of anilines is 2. The number of likely N-dealkylation sites (N-methyl/N-ethyl adjacent to an activating group) is 2. The Morgan fingerprint density at radius 2 is 1.53 bits per heavy atom. The molecule has 94 heavy (non-hydrogen) atoms. The van der Waals surface area contributed by atoms with Crippen molar-refractivity contribution in [3.8, 4) is 11.5 Å². The standard InChI is InChI=1S/C55H69N10O24P3S2/c1-9-64-38-22-40-36(20-34(38)30(24-54(64,3)4)27-93(78,79)80)44(37-21-35-31(28-94(81,82)83)25-55(5,6)65(10-2)39(35)23-41(37)85-40)32-14-11-12-15-33(32)50(69)61(7)19-13-16-43(66)57-17-18-58-53(70)87-47-46(67)42(26-84-91(74,75)89-92(76,77)88-90(71,72)73)86-51(47)63-29-62(8)45-48(63)59-52(56)60-49(45)68/h11-12,14-15,20-25,29,42,46-47,51,67H,9-10,13,16-19,26-28H2,1-8H3,(H9-2,56,57,58,59,60,66,68,70,71,72,73,74,75,76,77,78,79,80,81,82,83)/p+2/t42-,46-,47-,51-/m1/s1. The van der Waals surface area contributed by atoms with Crippen LogP contribution in [0, 0.1) is 0 Å². The van der Waals surface area contributed by atoms with E-state index in [4.69, 9.17) is 29.7 Å². The molecule has 510 valence electrons. The fourth-order valence-electron chi connectivity index (χ4n) is 12.2. The minimum atomic E-state index is -5.95. The molecule has 5 aromatic rings. The molecule has 6 heterocycles. The molecule has 34 nitrogen and oxygen atoms in total. The number of hydrogen-bond donors (Lipinski definition) is 11. The van der Waals surface area contributed by atoms with Crippen LogP contribution in [-0.2, 0) is 68.4 Å². The van der Waals surface area contributed by atoms with Crippen molar-refractivity contribution in [2.24, 2.45) is 7.05 Å². The molecular weight excluding hydrogens is 1340 g/mol. The van der Waals surface area contributed by atoms with E-state index in [9.17, 15) is 73.7 Å². The molecule has 2 unspecified atom stereocenters. The summed E-state index contributed by atoms with van der Waals surface area (Å²) < 4.78 is 141. The molecule has 12 N–H and O–H groups in total. The molecule has 3 aromatic carbocycles. The van der Waals surface area contributed by atoms with E-state index < -0.39 is 121 Å². The lowest BCUT2D eigenvalue weighted by molar-refractivity contribution is -0.745. The van der Waals surface area contributed by atoms with E-state index in [1.54, 1.807) is 60.7 Å². The maximum Gasteiger partial charge on any atom is 0.490 e. The summed E-state index contributed by atoms with van der Waals surface area (Å²) in [4.78, 5) is 102. The van der Waals surface area contributed by atoms with Gasteiger partial charge in [0.15, 0.2) is 18.0 Å². The van der Waals surface area contributed by atoms with Gasteiger partial charge in [-0.1, -0.05) is 29.3 Å². The number of nitrogens with zero attached hydrogens (tertiary/aromatic N) is 6. The number of ether oxygens (including phenoxy) is 3. The van der Waals surface area contributed by atoms with Gasteiger partial charge in [-0.2, -0.15) is 25.5 Å². The van der Waals surface area contributed by atoms with Crippen molar-refractivity contribution in [2.75, 3.05) is 68.5 Å². The second-order valence-corrected chi connectivity index (χ2v) is 30.8. The summed E-state index contributed by atoms with van der Waals surface area (Å²) in [6, 6.07) is 13.8. The van der Waals surface area contributed by atoms with E-state index >= 15 is 0 Å². The number of benzene rings is 3. The number of carbonyl (C=O) groups is 3. The number of nitrogens with one attached hydrogen (secondary N) is 3. The fourth-order valence-corrected chi connectivity index (χ4v) is 16.5. The minimum absolute atomic E-state index is 0.0387. The van der Waals surface area contributed by atoms with Crippen molar-refractivity contribution in [3.05, 3.63) is 116 Å². The van der Waals surface area contributed by atoms with Crippen LogP contribution in [-0.4, -0.2) is 175 Å². The van der Waals surface area contributed by atoms with Gasteiger partial charge in [-0.05, 0) is 75.1 Å². The van der Waals surface area contributed by atoms with E-state index in [1.165, 1.54) is 29.9 Å². The number of aromatic amines is 1. The van der Waals surface area contributed by atoms with Gasteiger partial charge in [0.1, 0.15) is 41.8 Å². The van der Waals surface area contributed by atoms with Gasteiger partial charge < -0.3 is 65.1 Å². The van der Waals surface area contributed by atoms with Crippen molar-refractivity contribution < 1.29 is 111 Å². The number of phosphoric ester groups is 1. The Balaban J connectivity index is 0.919. The molecule has 1 saturated heterocycles. The number of carbonyl (C=O) groups excluding carboxylic acids is 3. The van der Waals surface area contributed by atoms with Crippen molar-refractivity contribution in [1.29, 1.82) is 0 Å². The number of aromatic nitrogens is 4. The third-order valence-corrected chi connectivity index (χ3v) is 21.0. The van der Waals surface area contributed by atoms with Crippen molar-refractivity contribution in [2.45, 2.75) is 90.0 Å². The molecule has 3 amide bonds. The van der Waals surface area contributed by atoms with Crippen LogP contribution in [0.5, 0.6) is 11.5 Å². The number of nitrogen functional groups attached to an aromatic ring is 1. The number of amides is 3. The van der Waals surface area contributed by atoms with Crippen LogP contribution in [0.2, 0.25) is 0 Å². The molecular formula is C55H71N10O24P3S2+2. The fraction of sp³-hybridized carbons (Fsp3) is 0.436. The Morgan fingerprint density at radius 1 is 0.872 bits per heavy atom. The summed E-state index contributed by atoms with van der Waals surface area (Å²) in [6.45, 7) is 10.9. The zero-order valence-corrected chi connectivity index (χ0v) is 56.0. The van der Waals surface area contributed by atoms with Gasteiger partial charge in [0, 0.05) is 92.7 Å². The average Bonchev–Trinajstić information content (AvgIpc) is 0.859. The molecule has 4 aliphatic rings. The van der Waals surface area contributed by atoms with Gasteiger partial charge in [0.05, 0.1) is 30.8 Å². The Bertz CT molecular complexity index is 4590. The molecule has 0 aliphatic carbocycles. The molecule has 0 bridgehead atoms. The van der Waals surface area contributed by atoms with E-state index in [0.717, 1.165) is 4.57 Å². The molecule has 4 aliphatic heterocycles. The normalized spacial score (nSPS) is 20.3. The quantitative estimate of drug-likeness (QED) is 0.0176. The third-order valence-electron chi connectivity index (χ3n) is 15.8. The second kappa shape index (κ2) is 26.5. The zero-order chi connectivity index (χ0) is 69.2. The summed E-state index contributed by atoms with van der Waals surface area (Å²) in [6.07, 6.45) is -3.55. The topological polar surface area (TPSA) is 482 Å². The van der Waals surface area contributed by atoms with E-state index in [-0.39, 0.29) is 55.2 Å². The predicted octanol–water partition coefficient (Wildman–Crippen LogP) is 1.31. The number of H-pyrrole nitrogens is 1. The molecule has 39 heteroatoms. The summed E-state index contributed by atoms with van der Waals surface area (Å²) >= 11 is 0. The van der Waals surface area contributed by atoms with Gasteiger partial charge in [-0.3, -0.25) is 37.6 Å². The largest absolute Gasteiger partial charge is 0.490 e. The Morgan fingerprint density at radius 3 is 2.18 bits per heavy atom. The number of fused-ring (bicyclic) bond motifs is 5. The summed E-state index contributed by atoms with van der Waals surface area (Å²) in [7, 11) is -23.6. The van der Waals surface area contributed by atoms with Crippen LogP contribution in [0.25, 0.3) is 27.9 Å². The third kappa shape index (κ3) is 15.7. The van der Waals surface area contributed by atoms with Crippen LogP contribution in [0.15, 0.2) is 71.8 Å². The highest BCUT2D eigenvalue weighted by Crippen LogP contribution is 2.66. The Labute approximate surface area is 536 Å². The van der Waals surface area contributed by atoms with Gasteiger partial charge in [-0.15, -0.1) is 0 Å². The van der Waals surface area contributed by atoms with Crippen LogP contribution < -0.4 is 51.3 Å². The van der Waals surface area contributed by atoms with Crippen LogP contribution >= 0.6 is 23.5 Å². The van der Waals surface area contributed by atoms with E-state index in [1.807, 2.05) is 41.5 Å². The minimum Gasteiger partial charge on any atom is -0.456 e. The number of hydrogen-bond acceptors (Lipinski definition) is 21. The number of rotatable bonds is 24. The lowest BCUT2D eigenvalue weighted by Crippen LogP contribution is -2.50. The number of nitrogens with two attached hydrogens (primary N) is 1. The first-order valence-corrected chi connectivity index (χ1v) is 36.6. The molecule has 9 rings (SSSR count). The SMILES string of the molecule is CCN1c2cc3c(cc2C(CS(=O)(=O)O)=CC1(C)C)C(c1ccccc1C(=O)N(C)CCCC(=O)NCCNC(=O)O[C@@H]1[C@H](O)[C@@H](COP(=O)(O)OP(=O)(O)OP(=O)(O)O)O[C@H]1[n+]1cn(C)c2c(=O)[nH]c(N)nc21)=c1cc2c(cc1O3)=[N+](CC)C(C)(C)C=C2CS(=O)(=O)O. The summed E-state index contributed by atoms with van der Waals surface area (Å²) in [5, 5.41) is 17.5. The van der Waals surface area contributed by atoms with Crippen molar-refractivity contribution in [1.82, 2.24) is 34.6 Å². The maximum atomic E-state index is 14.9. The Hall–Kier alpha value is -7.08.